The van der Waals surface area contributed by atoms with Crippen LogP contribution in [-0.2, 0) is 9.59 Å². The summed E-state index contributed by atoms with van der Waals surface area (Å²) in [5, 5.41) is 14.5. The molecule has 6 heteroatoms. The van der Waals surface area contributed by atoms with Crippen molar-refractivity contribution in [2.45, 2.75) is 0 Å². The summed E-state index contributed by atoms with van der Waals surface area (Å²) in [5.41, 5.74) is 2.36. The van der Waals surface area contributed by atoms with Gasteiger partial charge >= 0.3 is 0 Å². The maximum atomic E-state index is 12.3. The van der Waals surface area contributed by atoms with Gasteiger partial charge in [0.1, 0.15) is 6.07 Å². The van der Waals surface area contributed by atoms with Gasteiger partial charge in [0.15, 0.2) is 0 Å². The molecule has 0 aromatic heterocycles. The molecular weight excluding hydrogens is 292 g/mol. The van der Waals surface area contributed by atoms with E-state index in [1.807, 2.05) is 24.3 Å². The quantitative estimate of drug-likeness (QED) is 0.907. The Morgan fingerprint density at radius 1 is 1.22 bits per heavy atom. The Balaban J connectivity index is 1.76. The van der Waals surface area contributed by atoms with Crippen LogP contribution in [0.5, 0.6) is 0 Å². The summed E-state index contributed by atoms with van der Waals surface area (Å²) in [6.45, 7) is 0.147. The van der Waals surface area contributed by atoms with Crippen molar-refractivity contribution in [3.63, 3.8) is 0 Å². The number of nitrogens with zero attached hydrogens (tertiary/aromatic N) is 2. The molecule has 2 aromatic carbocycles. The SMILES string of the molecule is N#Cc1ccccc1NC(=O)CN1CC(=O)Nc2ccccc21. The van der Waals surface area contributed by atoms with Gasteiger partial charge in [0.05, 0.1) is 35.7 Å². The molecule has 0 atom stereocenters. The minimum Gasteiger partial charge on any atom is -0.351 e. The van der Waals surface area contributed by atoms with Crippen molar-refractivity contribution >= 4 is 28.9 Å². The highest BCUT2D eigenvalue weighted by molar-refractivity contribution is 6.03. The maximum absolute atomic E-state index is 12.3. The van der Waals surface area contributed by atoms with Gasteiger partial charge < -0.3 is 15.5 Å². The van der Waals surface area contributed by atoms with E-state index in [0.717, 1.165) is 5.69 Å². The van der Waals surface area contributed by atoms with E-state index in [2.05, 4.69) is 10.6 Å². The Hall–Kier alpha value is -3.33. The maximum Gasteiger partial charge on any atom is 0.243 e. The van der Waals surface area contributed by atoms with Gasteiger partial charge in [0.2, 0.25) is 11.8 Å². The molecule has 3 rings (SSSR count). The standard InChI is InChI=1S/C17H14N4O2/c18-9-12-5-1-2-6-13(12)19-16(22)10-21-11-17(23)20-14-7-3-4-8-15(14)21/h1-8H,10-11H2,(H,19,22)(H,20,23). The fourth-order valence-corrected chi connectivity index (χ4v) is 2.50. The van der Waals surface area contributed by atoms with Crippen LogP contribution in [0.3, 0.4) is 0 Å². The average Bonchev–Trinajstić information content (AvgIpc) is 2.55. The Morgan fingerprint density at radius 2 is 1.96 bits per heavy atom. The predicted molar refractivity (Wildman–Crippen MR) is 87.1 cm³/mol. The molecule has 0 saturated heterocycles. The lowest BCUT2D eigenvalue weighted by atomic mass is 10.2. The summed E-state index contributed by atoms with van der Waals surface area (Å²) < 4.78 is 0. The van der Waals surface area contributed by atoms with E-state index >= 15 is 0 Å². The number of hydrogen-bond acceptors (Lipinski definition) is 4. The topological polar surface area (TPSA) is 85.2 Å². The molecule has 23 heavy (non-hydrogen) atoms. The Bertz CT molecular complexity index is 810. The van der Waals surface area contributed by atoms with Gasteiger partial charge in [-0.2, -0.15) is 5.26 Å². The van der Waals surface area contributed by atoms with Crippen molar-refractivity contribution in [3.8, 4) is 6.07 Å². The number of anilines is 3. The van der Waals surface area contributed by atoms with Crippen LogP contribution in [0.2, 0.25) is 0 Å². The van der Waals surface area contributed by atoms with Crippen LogP contribution in [0.25, 0.3) is 0 Å². The number of fused-ring (bicyclic) bond motifs is 1. The smallest absolute Gasteiger partial charge is 0.243 e. The highest BCUT2D eigenvalue weighted by Crippen LogP contribution is 2.28. The first-order valence-corrected chi connectivity index (χ1v) is 7.10. The molecular formula is C17H14N4O2. The molecule has 1 heterocycles. The zero-order valence-corrected chi connectivity index (χ0v) is 12.2. The van der Waals surface area contributed by atoms with Gasteiger partial charge in [0.25, 0.3) is 0 Å². The van der Waals surface area contributed by atoms with Crippen LogP contribution < -0.4 is 15.5 Å². The van der Waals surface area contributed by atoms with E-state index in [9.17, 15) is 9.59 Å². The molecule has 0 radical (unpaired) electrons. The van der Waals surface area contributed by atoms with E-state index in [1.165, 1.54) is 0 Å². The number of nitrogens with one attached hydrogen (secondary N) is 2. The normalized spacial score (nSPS) is 12.8. The number of benzene rings is 2. The zero-order chi connectivity index (χ0) is 16.2. The van der Waals surface area contributed by atoms with Gasteiger partial charge in [-0.1, -0.05) is 24.3 Å². The van der Waals surface area contributed by atoms with Crippen molar-refractivity contribution in [2.24, 2.45) is 0 Å². The van der Waals surface area contributed by atoms with Crippen LogP contribution in [0.4, 0.5) is 17.1 Å². The molecule has 6 nitrogen and oxygen atoms in total. The van der Waals surface area contributed by atoms with E-state index in [0.29, 0.717) is 16.9 Å². The second-order valence-corrected chi connectivity index (χ2v) is 5.13. The van der Waals surface area contributed by atoms with Crippen molar-refractivity contribution in [2.75, 3.05) is 28.6 Å². The number of para-hydroxylation sites is 3. The third-order valence-corrected chi connectivity index (χ3v) is 3.51. The first-order valence-electron chi connectivity index (χ1n) is 7.10. The molecule has 2 N–H and O–H groups in total. The molecule has 2 aromatic rings. The first-order chi connectivity index (χ1) is 11.2. The van der Waals surface area contributed by atoms with Crippen molar-refractivity contribution in [1.29, 1.82) is 5.26 Å². The van der Waals surface area contributed by atoms with Crippen molar-refractivity contribution < 1.29 is 9.59 Å². The first kappa shape index (κ1) is 14.6. The molecule has 0 bridgehead atoms. The molecule has 1 aliphatic rings. The van der Waals surface area contributed by atoms with Crippen molar-refractivity contribution in [1.82, 2.24) is 0 Å². The lowest BCUT2D eigenvalue weighted by molar-refractivity contribution is -0.115. The second kappa shape index (κ2) is 6.20. The lowest BCUT2D eigenvalue weighted by Crippen LogP contribution is -2.42. The van der Waals surface area contributed by atoms with Crippen LogP contribution >= 0.6 is 0 Å². The van der Waals surface area contributed by atoms with Crippen LogP contribution in [-0.4, -0.2) is 24.9 Å². The number of hydrogen-bond donors (Lipinski definition) is 2. The van der Waals surface area contributed by atoms with Gasteiger partial charge in [-0.15, -0.1) is 0 Å². The van der Waals surface area contributed by atoms with E-state index in [1.54, 1.807) is 35.2 Å². The lowest BCUT2D eigenvalue weighted by Gasteiger charge is -2.30. The summed E-state index contributed by atoms with van der Waals surface area (Å²) >= 11 is 0. The number of nitriles is 1. The fraction of sp³-hybridized carbons (Fsp3) is 0.118. The minimum atomic E-state index is -0.280. The number of carbonyl (C=O) groups is 2. The number of carbonyl (C=O) groups excluding carboxylic acids is 2. The monoisotopic (exact) mass is 306 g/mol. The third kappa shape index (κ3) is 3.14. The third-order valence-electron chi connectivity index (χ3n) is 3.51. The molecule has 1 aliphatic heterocycles. The molecule has 0 aliphatic carbocycles. The molecule has 2 amide bonds. The Morgan fingerprint density at radius 3 is 2.78 bits per heavy atom. The highest BCUT2D eigenvalue weighted by Gasteiger charge is 2.23. The molecule has 0 unspecified atom stereocenters. The van der Waals surface area contributed by atoms with E-state index < -0.39 is 0 Å². The number of amides is 2. The fourth-order valence-electron chi connectivity index (χ4n) is 2.50. The largest absolute Gasteiger partial charge is 0.351 e. The van der Waals surface area contributed by atoms with E-state index in [-0.39, 0.29) is 24.9 Å². The minimum absolute atomic E-state index is 0.0319. The summed E-state index contributed by atoms with van der Waals surface area (Å²) in [4.78, 5) is 25.7. The molecule has 0 saturated carbocycles. The number of rotatable bonds is 3. The van der Waals surface area contributed by atoms with Crippen molar-refractivity contribution in [3.05, 3.63) is 54.1 Å². The molecule has 0 fully saturated rings. The summed E-state index contributed by atoms with van der Waals surface area (Å²) in [5.74, 6) is -0.439. The average molecular weight is 306 g/mol. The van der Waals surface area contributed by atoms with Gasteiger partial charge in [-0.3, -0.25) is 9.59 Å². The van der Waals surface area contributed by atoms with Crippen LogP contribution in [0.15, 0.2) is 48.5 Å². The Kier molecular flexibility index (Phi) is 3.93. The van der Waals surface area contributed by atoms with E-state index in [4.69, 9.17) is 5.26 Å². The van der Waals surface area contributed by atoms with Gasteiger partial charge in [0, 0.05) is 0 Å². The van der Waals surface area contributed by atoms with Gasteiger partial charge in [-0.05, 0) is 24.3 Å². The Labute approximate surface area is 133 Å². The predicted octanol–water partition coefficient (Wildman–Crippen LogP) is 1.96. The van der Waals surface area contributed by atoms with Gasteiger partial charge in [-0.25, -0.2) is 0 Å². The van der Waals surface area contributed by atoms with Crippen LogP contribution in [0, 0.1) is 11.3 Å². The zero-order valence-electron chi connectivity index (χ0n) is 12.2. The summed E-state index contributed by atoms with van der Waals surface area (Å²) in [6, 6.07) is 16.2. The molecule has 114 valence electrons. The molecule has 0 spiro atoms. The van der Waals surface area contributed by atoms with Crippen LogP contribution in [0.1, 0.15) is 5.56 Å². The second-order valence-electron chi connectivity index (χ2n) is 5.13. The highest BCUT2D eigenvalue weighted by atomic mass is 16.2. The summed E-state index contributed by atoms with van der Waals surface area (Å²) in [6.07, 6.45) is 0. The summed E-state index contributed by atoms with van der Waals surface area (Å²) in [7, 11) is 0.